The van der Waals surface area contributed by atoms with Crippen molar-refractivity contribution < 1.29 is 5.21 Å². The number of nitrogens with two attached hydrogens (primary N) is 1. The summed E-state index contributed by atoms with van der Waals surface area (Å²) in [6.07, 6.45) is 5.38. The van der Waals surface area contributed by atoms with Gasteiger partial charge in [-0.25, -0.2) is 4.98 Å². The van der Waals surface area contributed by atoms with Crippen LogP contribution in [0.5, 0.6) is 0 Å². The Kier molecular flexibility index (Phi) is 3.66. The summed E-state index contributed by atoms with van der Waals surface area (Å²) in [6, 6.07) is 0. The molecule has 0 aliphatic carbocycles. The second-order valence-electron chi connectivity index (χ2n) is 2.83. The molecule has 0 bridgehead atoms. The molecule has 1 rings (SSSR count). The minimum Gasteiger partial charge on any atom is -0.409 e. The zero-order valence-electron chi connectivity index (χ0n) is 7.96. The standard InChI is InChI=1S/C8H13N5O/c1-13(5-2-7(9)12-14)8-6-10-3-4-11-8/h3-4,6,14H,2,5H2,1H3,(H2,9,12). The molecule has 76 valence electrons. The number of rotatable bonds is 4. The molecule has 0 amide bonds. The van der Waals surface area contributed by atoms with Crippen LogP contribution >= 0.6 is 0 Å². The second kappa shape index (κ2) is 5.00. The summed E-state index contributed by atoms with van der Waals surface area (Å²) in [6.45, 7) is 0.634. The van der Waals surface area contributed by atoms with E-state index in [4.69, 9.17) is 10.9 Å². The van der Waals surface area contributed by atoms with Crippen LogP contribution < -0.4 is 10.6 Å². The Balaban J connectivity index is 2.47. The van der Waals surface area contributed by atoms with E-state index >= 15 is 0 Å². The molecule has 0 aliphatic heterocycles. The van der Waals surface area contributed by atoms with Crippen molar-refractivity contribution in [2.45, 2.75) is 6.42 Å². The molecule has 1 heterocycles. The van der Waals surface area contributed by atoms with Crippen LogP contribution in [-0.4, -0.2) is 34.6 Å². The minimum absolute atomic E-state index is 0.209. The van der Waals surface area contributed by atoms with Crippen LogP contribution in [0, 0.1) is 0 Å². The lowest BCUT2D eigenvalue weighted by Gasteiger charge is -2.16. The van der Waals surface area contributed by atoms with Gasteiger partial charge in [0.25, 0.3) is 0 Å². The average Bonchev–Trinajstić information content (AvgIpc) is 2.26. The fourth-order valence-electron chi connectivity index (χ4n) is 0.935. The lowest BCUT2D eigenvalue weighted by Crippen LogP contribution is -2.25. The summed E-state index contributed by atoms with van der Waals surface area (Å²) in [5, 5.41) is 11.2. The van der Waals surface area contributed by atoms with Gasteiger partial charge in [0.05, 0.1) is 6.20 Å². The van der Waals surface area contributed by atoms with Gasteiger partial charge in [0.1, 0.15) is 11.7 Å². The van der Waals surface area contributed by atoms with Crippen LogP contribution in [0.1, 0.15) is 6.42 Å². The average molecular weight is 195 g/mol. The summed E-state index contributed by atoms with van der Waals surface area (Å²) < 4.78 is 0. The third-order valence-corrected chi connectivity index (χ3v) is 1.77. The predicted molar refractivity (Wildman–Crippen MR) is 53.3 cm³/mol. The third-order valence-electron chi connectivity index (χ3n) is 1.77. The van der Waals surface area contributed by atoms with Gasteiger partial charge in [-0.1, -0.05) is 5.16 Å². The molecular formula is C8H13N5O. The van der Waals surface area contributed by atoms with Crippen LogP contribution in [0.25, 0.3) is 0 Å². The van der Waals surface area contributed by atoms with E-state index < -0.39 is 0 Å². The maximum absolute atomic E-state index is 8.33. The fraction of sp³-hybridized carbons (Fsp3) is 0.375. The van der Waals surface area contributed by atoms with Gasteiger partial charge in [0.2, 0.25) is 0 Å². The molecule has 14 heavy (non-hydrogen) atoms. The highest BCUT2D eigenvalue weighted by Crippen LogP contribution is 2.04. The van der Waals surface area contributed by atoms with E-state index in [9.17, 15) is 0 Å². The number of nitrogens with zero attached hydrogens (tertiary/aromatic N) is 4. The van der Waals surface area contributed by atoms with Gasteiger partial charge < -0.3 is 15.8 Å². The number of amidine groups is 1. The predicted octanol–water partition coefficient (Wildman–Crippen LogP) is 0.0493. The molecule has 6 nitrogen and oxygen atoms in total. The van der Waals surface area contributed by atoms with Crippen LogP contribution in [0.2, 0.25) is 0 Å². The summed E-state index contributed by atoms with van der Waals surface area (Å²) in [4.78, 5) is 9.92. The highest BCUT2D eigenvalue weighted by Gasteiger charge is 2.02. The Morgan fingerprint density at radius 1 is 1.64 bits per heavy atom. The maximum Gasteiger partial charge on any atom is 0.146 e. The van der Waals surface area contributed by atoms with E-state index in [2.05, 4.69) is 15.1 Å². The first-order chi connectivity index (χ1) is 6.74. The monoisotopic (exact) mass is 195 g/mol. The van der Waals surface area contributed by atoms with Crippen molar-refractivity contribution in [3.8, 4) is 0 Å². The highest BCUT2D eigenvalue weighted by molar-refractivity contribution is 5.80. The third kappa shape index (κ3) is 2.89. The van der Waals surface area contributed by atoms with Gasteiger partial charge in [-0.2, -0.15) is 0 Å². The molecule has 1 aromatic rings. The highest BCUT2D eigenvalue weighted by atomic mass is 16.4. The van der Waals surface area contributed by atoms with Crippen molar-refractivity contribution >= 4 is 11.7 Å². The van der Waals surface area contributed by atoms with Crippen LogP contribution in [0.4, 0.5) is 5.82 Å². The fourth-order valence-corrected chi connectivity index (χ4v) is 0.935. The molecule has 0 radical (unpaired) electrons. The Bertz CT molecular complexity index is 300. The largest absolute Gasteiger partial charge is 0.409 e. The van der Waals surface area contributed by atoms with E-state index in [1.807, 2.05) is 11.9 Å². The molecule has 0 unspecified atom stereocenters. The Labute approximate surface area is 82.1 Å². The van der Waals surface area contributed by atoms with E-state index in [0.717, 1.165) is 5.82 Å². The first kappa shape index (κ1) is 10.2. The maximum atomic E-state index is 8.33. The Morgan fingerprint density at radius 2 is 2.43 bits per heavy atom. The normalized spacial score (nSPS) is 11.4. The summed E-state index contributed by atoms with van der Waals surface area (Å²) in [7, 11) is 1.87. The number of aromatic nitrogens is 2. The molecule has 3 N–H and O–H groups in total. The summed E-state index contributed by atoms with van der Waals surface area (Å²) in [5.74, 6) is 0.971. The summed E-state index contributed by atoms with van der Waals surface area (Å²) in [5.41, 5.74) is 5.34. The van der Waals surface area contributed by atoms with Crippen LogP contribution in [0.3, 0.4) is 0 Å². The van der Waals surface area contributed by atoms with Gasteiger partial charge in [-0.3, -0.25) is 4.98 Å². The zero-order chi connectivity index (χ0) is 10.4. The van der Waals surface area contributed by atoms with Crippen molar-refractivity contribution in [1.29, 1.82) is 0 Å². The van der Waals surface area contributed by atoms with Crippen molar-refractivity contribution in [2.75, 3.05) is 18.5 Å². The molecule has 1 aromatic heterocycles. The summed E-state index contributed by atoms with van der Waals surface area (Å²) >= 11 is 0. The van der Waals surface area contributed by atoms with Crippen LogP contribution in [0.15, 0.2) is 23.7 Å². The molecular weight excluding hydrogens is 182 g/mol. The topological polar surface area (TPSA) is 87.6 Å². The molecule has 6 heteroatoms. The smallest absolute Gasteiger partial charge is 0.146 e. The number of hydrogen-bond acceptors (Lipinski definition) is 5. The van der Waals surface area contributed by atoms with Crippen molar-refractivity contribution in [3.05, 3.63) is 18.6 Å². The molecule has 0 aliphatic rings. The van der Waals surface area contributed by atoms with Gasteiger partial charge in [0.15, 0.2) is 0 Å². The first-order valence-electron chi connectivity index (χ1n) is 4.17. The molecule has 0 atom stereocenters. The Hall–Kier alpha value is -1.85. The van der Waals surface area contributed by atoms with Crippen molar-refractivity contribution in [2.24, 2.45) is 10.9 Å². The van der Waals surface area contributed by atoms with E-state index in [0.29, 0.717) is 13.0 Å². The minimum atomic E-state index is 0.209. The molecule has 0 spiro atoms. The molecule has 0 saturated heterocycles. The number of anilines is 1. The van der Waals surface area contributed by atoms with Gasteiger partial charge >= 0.3 is 0 Å². The second-order valence-corrected chi connectivity index (χ2v) is 2.83. The number of oxime groups is 1. The molecule has 0 fully saturated rings. The van der Waals surface area contributed by atoms with Crippen LogP contribution in [-0.2, 0) is 0 Å². The number of hydrogen-bond donors (Lipinski definition) is 2. The van der Waals surface area contributed by atoms with Gasteiger partial charge in [-0.05, 0) is 0 Å². The SMILES string of the molecule is CN(CC/C(N)=N/O)c1cnccn1. The lowest BCUT2D eigenvalue weighted by atomic mass is 10.4. The quantitative estimate of drug-likeness (QED) is 0.307. The molecule has 0 aromatic carbocycles. The van der Waals surface area contributed by atoms with E-state index in [1.54, 1.807) is 18.6 Å². The lowest BCUT2D eigenvalue weighted by molar-refractivity contribution is 0.317. The van der Waals surface area contributed by atoms with Crippen molar-refractivity contribution in [3.63, 3.8) is 0 Å². The zero-order valence-corrected chi connectivity index (χ0v) is 7.96. The first-order valence-corrected chi connectivity index (χ1v) is 4.17. The van der Waals surface area contributed by atoms with Crippen molar-refractivity contribution in [1.82, 2.24) is 9.97 Å². The van der Waals surface area contributed by atoms with Gasteiger partial charge in [0, 0.05) is 32.4 Å². The van der Waals surface area contributed by atoms with E-state index in [-0.39, 0.29) is 5.84 Å². The Morgan fingerprint density at radius 3 is 3.00 bits per heavy atom. The van der Waals surface area contributed by atoms with E-state index in [1.165, 1.54) is 0 Å². The van der Waals surface area contributed by atoms with Gasteiger partial charge in [-0.15, -0.1) is 0 Å². The molecule has 0 saturated carbocycles.